The van der Waals surface area contributed by atoms with Crippen LogP contribution in [-0.4, -0.2) is 54.9 Å². The summed E-state index contributed by atoms with van der Waals surface area (Å²) in [5, 5.41) is 14.6. The first-order valence-electron chi connectivity index (χ1n) is 6.30. The zero-order valence-corrected chi connectivity index (χ0v) is 12.6. The highest BCUT2D eigenvalue weighted by molar-refractivity contribution is 7.99. The van der Waals surface area contributed by atoms with Crippen LogP contribution in [0.25, 0.3) is 0 Å². The van der Waals surface area contributed by atoms with Gasteiger partial charge in [-0.3, -0.25) is 0 Å². The normalized spacial score (nSPS) is 13.6. The van der Waals surface area contributed by atoms with E-state index in [2.05, 4.69) is 17.6 Å². The third-order valence-corrected chi connectivity index (χ3v) is 3.72. The van der Waals surface area contributed by atoms with Gasteiger partial charge in [-0.25, -0.2) is 9.59 Å². The van der Waals surface area contributed by atoms with Crippen molar-refractivity contribution < 1.29 is 19.4 Å². The van der Waals surface area contributed by atoms with Gasteiger partial charge >= 0.3 is 12.0 Å². The molecule has 2 unspecified atom stereocenters. The Morgan fingerprint density at radius 3 is 2.58 bits per heavy atom. The molecule has 0 aromatic carbocycles. The van der Waals surface area contributed by atoms with Crippen molar-refractivity contribution in [3.63, 3.8) is 0 Å². The zero-order chi connectivity index (χ0) is 14.7. The molecule has 0 fully saturated rings. The summed E-state index contributed by atoms with van der Waals surface area (Å²) >= 11 is 1.73. The van der Waals surface area contributed by atoms with Crippen LogP contribution in [-0.2, 0) is 9.53 Å². The molecule has 0 aromatic heterocycles. The summed E-state index contributed by atoms with van der Waals surface area (Å²) in [6.07, 6.45) is 3.83. The predicted octanol–water partition coefficient (Wildman–Crippen LogP) is 1.31. The van der Waals surface area contributed by atoms with Gasteiger partial charge < -0.3 is 20.5 Å². The average molecular weight is 292 g/mol. The van der Waals surface area contributed by atoms with Gasteiger partial charge in [0, 0.05) is 25.5 Å². The van der Waals surface area contributed by atoms with Crippen molar-refractivity contribution >= 4 is 23.8 Å². The molecule has 7 heteroatoms. The molecule has 19 heavy (non-hydrogen) atoms. The average Bonchev–Trinajstić information content (AvgIpc) is 2.37. The fourth-order valence-corrected chi connectivity index (χ4v) is 1.76. The molecule has 2 atom stereocenters. The van der Waals surface area contributed by atoms with Gasteiger partial charge in [0.25, 0.3) is 0 Å². The molecule has 3 N–H and O–H groups in total. The van der Waals surface area contributed by atoms with Crippen molar-refractivity contribution in [2.24, 2.45) is 0 Å². The molecule has 0 aliphatic rings. The van der Waals surface area contributed by atoms with Crippen molar-refractivity contribution in [1.29, 1.82) is 0 Å². The molecule has 0 heterocycles. The minimum absolute atomic E-state index is 0.359. The van der Waals surface area contributed by atoms with Gasteiger partial charge in [-0.1, -0.05) is 6.92 Å². The highest BCUT2D eigenvalue weighted by Gasteiger charge is 2.19. The number of hydrogen-bond acceptors (Lipinski definition) is 4. The number of nitrogens with one attached hydrogen (secondary N) is 2. The molecule has 0 aliphatic carbocycles. The Kier molecular flexibility index (Phi) is 10.4. The lowest BCUT2D eigenvalue weighted by Gasteiger charge is -2.15. The summed E-state index contributed by atoms with van der Waals surface area (Å²) in [4.78, 5) is 22.5. The Labute approximate surface area is 118 Å². The van der Waals surface area contributed by atoms with Crippen LogP contribution in [0.4, 0.5) is 4.79 Å². The monoisotopic (exact) mass is 292 g/mol. The van der Waals surface area contributed by atoms with Crippen LogP contribution in [0.2, 0.25) is 0 Å². The van der Waals surface area contributed by atoms with Gasteiger partial charge in [0.05, 0.1) is 0 Å². The van der Waals surface area contributed by atoms with Crippen LogP contribution in [0.5, 0.6) is 0 Å². The molecule has 0 radical (unpaired) electrons. The topological polar surface area (TPSA) is 87.7 Å². The molecule has 0 saturated heterocycles. The number of hydrogen-bond donors (Lipinski definition) is 3. The van der Waals surface area contributed by atoms with Crippen LogP contribution >= 0.6 is 11.8 Å². The van der Waals surface area contributed by atoms with Gasteiger partial charge in [-0.2, -0.15) is 11.8 Å². The number of aliphatic carboxylic acids is 1. The second-order valence-electron chi connectivity index (χ2n) is 4.26. The Morgan fingerprint density at radius 1 is 1.37 bits per heavy atom. The molecule has 0 bridgehead atoms. The lowest BCUT2D eigenvalue weighted by Crippen LogP contribution is -2.46. The van der Waals surface area contributed by atoms with E-state index in [0.29, 0.717) is 31.2 Å². The second kappa shape index (κ2) is 10.9. The van der Waals surface area contributed by atoms with E-state index in [4.69, 9.17) is 9.84 Å². The van der Waals surface area contributed by atoms with Gasteiger partial charge in [-0.05, 0) is 25.5 Å². The molecule has 112 valence electrons. The zero-order valence-electron chi connectivity index (χ0n) is 11.8. The van der Waals surface area contributed by atoms with Gasteiger partial charge in [0.2, 0.25) is 0 Å². The number of carbonyl (C=O) groups excluding carboxylic acids is 1. The van der Waals surface area contributed by atoms with Gasteiger partial charge in [0.15, 0.2) is 0 Å². The van der Waals surface area contributed by atoms with Crippen LogP contribution in [0.15, 0.2) is 0 Å². The summed E-state index contributed by atoms with van der Waals surface area (Å²) in [7, 11) is 1.56. The molecular formula is C12H24N2O4S. The maximum Gasteiger partial charge on any atom is 0.326 e. The van der Waals surface area contributed by atoms with E-state index in [-0.39, 0.29) is 0 Å². The van der Waals surface area contributed by atoms with E-state index in [9.17, 15) is 9.59 Å². The maximum atomic E-state index is 11.5. The molecule has 0 saturated carbocycles. The van der Waals surface area contributed by atoms with Crippen LogP contribution < -0.4 is 10.6 Å². The molecule has 0 spiro atoms. The van der Waals surface area contributed by atoms with Crippen molar-refractivity contribution in [2.75, 3.05) is 26.5 Å². The van der Waals surface area contributed by atoms with E-state index in [1.165, 1.54) is 0 Å². The number of methoxy groups -OCH3 is 1. The number of carboxylic acid groups (broad SMARTS) is 1. The van der Waals surface area contributed by atoms with Crippen molar-refractivity contribution in [3.05, 3.63) is 0 Å². The maximum absolute atomic E-state index is 11.5. The minimum Gasteiger partial charge on any atom is -0.480 e. The number of ether oxygens (including phenoxy) is 1. The first-order chi connectivity index (χ1) is 9.01. The third kappa shape index (κ3) is 9.61. The smallest absolute Gasteiger partial charge is 0.326 e. The summed E-state index contributed by atoms with van der Waals surface area (Å²) in [6, 6.07) is -1.30. The Balaban J connectivity index is 3.93. The molecule has 2 amide bonds. The summed E-state index contributed by atoms with van der Waals surface area (Å²) < 4.78 is 4.86. The van der Waals surface area contributed by atoms with E-state index < -0.39 is 18.0 Å². The largest absolute Gasteiger partial charge is 0.480 e. The molecule has 0 rings (SSSR count). The summed E-state index contributed by atoms with van der Waals surface area (Å²) in [5.41, 5.74) is 0. The van der Waals surface area contributed by atoms with Crippen LogP contribution in [0.1, 0.15) is 26.2 Å². The molecule has 0 aliphatic heterocycles. The SMILES string of the molecule is COCCCC(NC(=O)NCCC(C)SC)C(=O)O. The van der Waals surface area contributed by atoms with Crippen molar-refractivity contribution in [3.8, 4) is 0 Å². The number of amides is 2. The van der Waals surface area contributed by atoms with Crippen molar-refractivity contribution in [2.45, 2.75) is 37.5 Å². The fraction of sp³-hybridized carbons (Fsp3) is 0.833. The number of carbonyl (C=O) groups is 2. The minimum atomic E-state index is -1.02. The van der Waals surface area contributed by atoms with Gasteiger partial charge in [-0.15, -0.1) is 0 Å². The van der Waals surface area contributed by atoms with Crippen molar-refractivity contribution in [1.82, 2.24) is 10.6 Å². The van der Waals surface area contributed by atoms with E-state index in [1.54, 1.807) is 18.9 Å². The lowest BCUT2D eigenvalue weighted by atomic mass is 10.1. The molecule has 6 nitrogen and oxygen atoms in total. The Hall–Kier alpha value is -0.950. The Bertz CT molecular complexity index is 276. The van der Waals surface area contributed by atoms with Crippen LogP contribution in [0.3, 0.4) is 0 Å². The van der Waals surface area contributed by atoms with E-state index in [0.717, 1.165) is 6.42 Å². The van der Waals surface area contributed by atoms with E-state index in [1.807, 2.05) is 6.26 Å². The predicted molar refractivity (Wildman–Crippen MR) is 76.7 cm³/mol. The lowest BCUT2D eigenvalue weighted by molar-refractivity contribution is -0.139. The summed E-state index contributed by atoms with van der Waals surface area (Å²) in [5.74, 6) is -1.02. The quantitative estimate of drug-likeness (QED) is 0.528. The third-order valence-electron chi connectivity index (χ3n) is 2.68. The molecular weight excluding hydrogens is 268 g/mol. The summed E-state index contributed by atoms with van der Waals surface area (Å²) in [6.45, 7) is 3.10. The second-order valence-corrected chi connectivity index (χ2v) is 5.54. The Morgan fingerprint density at radius 2 is 2.05 bits per heavy atom. The highest BCUT2D eigenvalue weighted by atomic mass is 32.2. The van der Waals surface area contributed by atoms with E-state index >= 15 is 0 Å². The fourth-order valence-electron chi connectivity index (χ4n) is 1.41. The number of urea groups is 1. The number of carboxylic acids is 1. The first-order valence-corrected chi connectivity index (χ1v) is 7.59. The van der Waals surface area contributed by atoms with Gasteiger partial charge in [0.1, 0.15) is 6.04 Å². The number of thioether (sulfide) groups is 1. The first kappa shape index (κ1) is 18.0. The highest BCUT2D eigenvalue weighted by Crippen LogP contribution is 2.07. The standard InChI is InChI=1S/C12H24N2O4S/c1-9(19-3)6-7-13-12(17)14-10(11(15)16)5-4-8-18-2/h9-10H,4-8H2,1-3H3,(H,15,16)(H2,13,14,17). The number of rotatable bonds is 10. The van der Waals surface area contributed by atoms with Crippen LogP contribution in [0, 0.1) is 0 Å². The molecule has 0 aromatic rings.